The number of carbonyl (C=O) groups excluding carboxylic acids is 3. The molecule has 1 aromatic carbocycles. The first kappa shape index (κ1) is 32.9. The fourth-order valence-electron chi connectivity index (χ4n) is 7.82. The minimum atomic E-state index is -1.13. The molecule has 8 nitrogen and oxygen atoms in total. The summed E-state index contributed by atoms with van der Waals surface area (Å²) in [5, 5.41) is 9.22. The number of nitrogens with zero attached hydrogens (tertiary/aromatic N) is 2. The van der Waals surface area contributed by atoms with Crippen LogP contribution in [-0.2, 0) is 23.9 Å². The lowest BCUT2D eigenvalue weighted by Gasteiger charge is -2.38. The van der Waals surface area contributed by atoms with E-state index in [0.717, 1.165) is 42.5 Å². The van der Waals surface area contributed by atoms with E-state index >= 15 is 0 Å². The molecule has 3 unspecified atom stereocenters. The molecular formula is C35H50N2O6. The molecule has 3 aliphatic rings. The third-order valence-corrected chi connectivity index (χ3v) is 9.94. The summed E-state index contributed by atoms with van der Waals surface area (Å²) in [6, 6.07) is 5.05. The van der Waals surface area contributed by atoms with Crippen molar-refractivity contribution in [1.82, 2.24) is 4.90 Å². The number of hydrogen-bond donors (Lipinski definition) is 1. The predicted molar refractivity (Wildman–Crippen MR) is 168 cm³/mol. The normalized spacial score (nSPS) is 29.0. The number of aryl methyl sites for hydroxylation is 2. The molecule has 0 radical (unpaired) electrons. The second-order valence-corrected chi connectivity index (χ2v) is 12.8. The molecule has 0 aromatic heterocycles. The van der Waals surface area contributed by atoms with E-state index in [-0.39, 0.29) is 37.5 Å². The van der Waals surface area contributed by atoms with Gasteiger partial charge in [0, 0.05) is 25.4 Å². The van der Waals surface area contributed by atoms with Crippen molar-refractivity contribution in [3.63, 3.8) is 0 Å². The molecule has 0 saturated carbocycles. The van der Waals surface area contributed by atoms with E-state index in [2.05, 4.69) is 13.2 Å². The van der Waals surface area contributed by atoms with Crippen LogP contribution in [-0.4, -0.2) is 71.3 Å². The fraction of sp³-hybridized carbons (Fsp3) is 0.629. The molecule has 4 rings (SSSR count). The third-order valence-electron chi connectivity index (χ3n) is 9.94. The molecular weight excluding hydrogens is 544 g/mol. The zero-order valence-electron chi connectivity index (χ0n) is 26.5. The van der Waals surface area contributed by atoms with E-state index in [4.69, 9.17) is 9.47 Å². The number of esters is 1. The molecule has 1 spiro atoms. The van der Waals surface area contributed by atoms with Gasteiger partial charge in [-0.15, -0.1) is 13.2 Å². The molecule has 2 amide bonds. The molecule has 1 N–H and O–H groups in total. The van der Waals surface area contributed by atoms with Crippen LogP contribution < -0.4 is 4.90 Å². The summed E-state index contributed by atoms with van der Waals surface area (Å²) in [4.78, 5) is 46.5. The van der Waals surface area contributed by atoms with Crippen molar-refractivity contribution < 1.29 is 29.0 Å². The van der Waals surface area contributed by atoms with Crippen LogP contribution >= 0.6 is 0 Å². The Morgan fingerprint density at radius 1 is 1.12 bits per heavy atom. The molecule has 0 aliphatic carbocycles. The molecule has 8 heteroatoms. The number of unbranched alkanes of at least 4 members (excludes halogenated alkanes) is 5. The van der Waals surface area contributed by atoms with Crippen LogP contribution in [0.2, 0.25) is 0 Å². The molecule has 3 fully saturated rings. The van der Waals surface area contributed by atoms with Crippen LogP contribution in [0.1, 0.15) is 76.3 Å². The zero-order chi connectivity index (χ0) is 31.4. The van der Waals surface area contributed by atoms with Gasteiger partial charge in [0.05, 0.1) is 18.1 Å². The van der Waals surface area contributed by atoms with Crippen molar-refractivity contribution in [3.05, 3.63) is 54.6 Å². The molecule has 3 saturated heterocycles. The van der Waals surface area contributed by atoms with Crippen LogP contribution in [0.15, 0.2) is 43.5 Å². The van der Waals surface area contributed by atoms with Crippen molar-refractivity contribution in [2.24, 2.45) is 17.8 Å². The van der Waals surface area contributed by atoms with Gasteiger partial charge in [0.2, 0.25) is 5.91 Å². The molecule has 3 heterocycles. The Morgan fingerprint density at radius 3 is 2.47 bits per heavy atom. The minimum Gasteiger partial charge on any atom is -0.465 e. The molecule has 1 aromatic rings. The van der Waals surface area contributed by atoms with Gasteiger partial charge in [-0.3, -0.25) is 14.4 Å². The van der Waals surface area contributed by atoms with Crippen molar-refractivity contribution in [2.45, 2.75) is 96.3 Å². The highest BCUT2D eigenvalue weighted by Gasteiger charge is 2.80. The Hall–Kier alpha value is -2.97. The number of rotatable bonds is 16. The Labute approximate surface area is 257 Å². The maximum absolute atomic E-state index is 14.9. The number of aliphatic hydroxyl groups is 1. The largest absolute Gasteiger partial charge is 0.465 e. The quantitative estimate of drug-likeness (QED) is 0.159. The Kier molecular flexibility index (Phi) is 10.5. The summed E-state index contributed by atoms with van der Waals surface area (Å²) >= 11 is 0. The van der Waals surface area contributed by atoms with E-state index in [1.807, 2.05) is 52.0 Å². The lowest BCUT2D eigenvalue weighted by molar-refractivity contribution is -0.161. The highest BCUT2D eigenvalue weighted by molar-refractivity contribution is 6.05. The Bertz CT molecular complexity index is 1190. The number of anilines is 1. The van der Waals surface area contributed by atoms with Crippen molar-refractivity contribution >= 4 is 23.5 Å². The van der Waals surface area contributed by atoms with Crippen LogP contribution in [0.25, 0.3) is 0 Å². The van der Waals surface area contributed by atoms with Gasteiger partial charge in [-0.1, -0.05) is 50.1 Å². The minimum absolute atomic E-state index is 0.0530. The summed E-state index contributed by atoms with van der Waals surface area (Å²) in [5.74, 6) is -2.46. The summed E-state index contributed by atoms with van der Waals surface area (Å²) in [7, 11) is 0. The average Bonchev–Trinajstić information content (AvgIpc) is 3.48. The number of allylic oxidation sites excluding steroid dienone is 1. The van der Waals surface area contributed by atoms with E-state index in [9.17, 15) is 19.5 Å². The number of fused-ring (bicyclic) bond motifs is 1. The predicted octanol–water partition coefficient (Wildman–Crippen LogP) is 5.29. The van der Waals surface area contributed by atoms with Crippen molar-refractivity contribution in [3.8, 4) is 0 Å². The Balaban J connectivity index is 1.73. The van der Waals surface area contributed by atoms with Gasteiger partial charge in [-0.05, 0) is 76.3 Å². The standard InChI is InChI=1S/C35H50N2O6/c1-7-9-10-15-22-42-33(41)28-27-31(39)37(20-13-11-12-14-21-38)30(35(27)23-26(5)34(28,6)43-35)32(40)36(19-8-2)29-24(3)17-16-18-25(29)4/h7-8,16-18,26-28,30,38H,1-2,9-15,19-23H2,3-6H3/t26?,27-,28-,30?,34+,35?/m0/s1. The molecule has 2 bridgehead atoms. The first-order valence-electron chi connectivity index (χ1n) is 16.0. The maximum Gasteiger partial charge on any atom is 0.312 e. The van der Waals surface area contributed by atoms with Crippen molar-refractivity contribution in [1.29, 1.82) is 0 Å². The van der Waals surface area contributed by atoms with E-state index in [1.165, 1.54) is 0 Å². The van der Waals surface area contributed by atoms with E-state index < -0.39 is 35.0 Å². The number of carbonyl (C=O) groups is 3. The van der Waals surface area contributed by atoms with E-state index in [0.29, 0.717) is 32.2 Å². The Morgan fingerprint density at radius 2 is 1.81 bits per heavy atom. The smallest absolute Gasteiger partial charge is 0.312 e. The maximum atomic E-state index is 14.9. The van der Waals surface area contributed by atoms with Gasteiger partial charge in [0.25, 0.3) is 5.91 Å². The number of ether oxygens (including phenoxy) is 2. The summed E-state index contributed by atoms with van der Waals surface area (Å²) < 4.78 is 12.7. The van der Waals surface area contributed by atoms with Gasteiger partial charge in [0.15, 0.2) is 0 Å². The van der Waals surface area contributed by atoms with Gasteiger partial charge in [-0.2, -0.15) is 0 Å². The highest BCUT2D eigenvalue weighted by atomic mass is 16.6. The summed E-state index contributed by atoms with van der Waals surface area (Å²) in [6.07, 6.45) is 9.54. The van der Waals surface area contributed by atoms with Crippen molar-refractivity contribution in [2.75, 3.05) is 31.2 Å². The lowest BCUT2D eigenvalue weighted by atomic mass is 9.62. The number of likely N-dealkylation sites (tertiary alicyclic amines) is 1. The van der Waals surface area contributed by atoms with Crippen LogP contribution in [0.4, 0.5) is 5.69 Å². The average molecular weight is 595 g/mol. The van der Waals surface area contributed by atoms with Gasteiger partial charge in [-0.25, -0.2) is 0 Å². The molecule has 236 valence electrons. The fourth-order valence-corrected chi connectivity index (χ4v) is 7.82. The topological polar surface area (TPSA) is 96.4 Å². The lowest BCUT2D eigenvalue weighted by Crippen LogP contribution is -2.57. The second-order valence-electron chi connectivity index (χ2n) is 12.8. The summed E-state index contributed by atoms with van der Waals surface area (Å²) in [5.41, 5.74) is 0.685. The molecule has 6 atom stereocenters. The first-order chi connectivity index (χ1) is 20.6. The zero-order valence-corrected chi connectivity index (χ0v) is 26.5. The molecule has 43 heavy (non-hydrogen) atoms. The third kappa shape index (κ3) is 5.93. The number of benzene rings is 1. The van der Waals surface area contributed by atoms with Gasteiger partial charge >= 0.3 is 5.97 Å². The van der Waals surface area contributed by atoms with E-state index in [1.54, 1.807) is 15.9 Å². The van der Waals surface area contributed by atoms with Crippen LogP contribution in [0.3, 0.4) is 0 Å². The SMILES string of the molecule is C=CCCCCOC(=O)[C@@H]1[C@H]2C(=O)N(CCCCCCO)C(C(=O)N(CC=C)c3c(C)cccc3C)C23CC(C)[C@@]1(C)O3. The second kappa shape index (κ2) is 13.8. The molecule has 3 aliphatic heterocycles. The highest BCUT2D eigenvalue weighted by Crippen LogP contribution is 2.65. The van der Waals surface area contributed by atoms with Crippen LogP contribution in [0, 0.1) is 31.6 Å². The first-order valence-corrected chi connectivity index (χ1v) is 16.0. The number of para-hydroxylation sites is 1. The monoisotopic (exact) mass is 594 g/mol. The van der Waals surface area contributed by atoms with Crippen LogP contribution in [0.5, 0.6) is 0 Å². The number of hydrogen-bond acceptors (Lipinski definition) is 6. The van der Waals surface area contributed by atoms with Gasteiger partial charge < -0.3 is 24.4 Å². The number of amides is 2. The van der Waals surface area contributed by atoms with Gasteiger partial charge in [0.1, 0.15) is 17.6 Å². The summed E-state index contributed by atoms with van der Waals surface area (Å²) in [6.45, 7) is 16.7. The number of aliphatic hydroxyl groups excluding tert-OH is 1.